The Kier molecular flexibility index (Phi) is 15.8. The van der Waals surface area contributed by atoms with E-state index >= 15 is 0 Å². The smallest absolute Gasteiger partial charge is 0.326 e. The highest BCUT2D eigenvalue weighted by Crippen LogP contribution is 2.04. The average Bonchev–Trinajstić information content (AvgIpc) is 2.80. The molecule has 4 atom stereocenters. The zero-order chi connectivity index (χ0) is 28.5. The molecule has 0 rings (SSSR count). The Balaban J connectivity index is 5.33. The number of aliphatic carboxylic acids is 1. The van der Waals surface area contributed by atoms with E-state index in [1.54, 1.807) is 0 Å². The van der Waals surface area contributed by atoms with E-state index in [1.807, 2.05) is 0 Å². The molecule has 0 aromatic rings. The number of nitrogens with zero attached hydrogens (tertiary/aromatic N) is 2. The zero-order valence-electron chi connectivity index (χ0n) is 20.3. The van der Waals surface area contributed by atoms with Gasteiger partial charge in [0.2, 0.25) is 23.6 Å². The topological polar surface area (TPSA) is 323 Å². The number of rotatable bonds is 18. The van der Waals surface area contributed by atoms with Gasteiger partial charge in [0.25, 0.3) is 0 Å². The van der Waals surface area contributed by atoms with Crippen molar-refractivity contribution < 1.29 is 29.1 Å². The minimum atomic E-state index is -1.61. The summed E-state index contributed by atoms with van der Waals surface area (Å²) in [5.74, 6) is -5.16. The van der Waals surface area contributed by atoms with Gasteiger partial charge in [-0.05, 0) is 25.7 Å². The van der Waals surface area contributed by atoms with Crippen LogP contribution in [0.25, 0.3) is 0 Å². The number of carboxylic acid groups (broad SMARTS) is 1. The Morgan fingerprint density at radius 1 is 0.730 bits per heavy atom. The van der Waals surface area contributed by atoms with E-state index in [1.165, 1.54) is 0 Å². The summed E-state index contributed by atoms with van der Waals surface area (Å²) in [5, 5.41) is 16.3. The van der Waals surface area contributed by atoms with E-state index in [0.717, 1.165) is 0 Å². The van der Waals surface area contributed by atoms with Crippen LogP contribution < -0.4 is 50.4 Å². The number of carbonyl (C=O) groups excluding carboxylic acids is 4. The lowest BCUT2D eigenvalue weighted by Gasteiger charge is -2.24. The van der Waals surface area contributed by atoms with Crippen molar-refractivity contribution in [2.24, 2.45) is 44.4 Å². The molecule has 0 aliphatic rings. The summed E-state index contributed by atoms with van der Waals surface area (Å²) < 4.78 is 0. The summed E-state index contributed by atoms with van der Waals surface area (Å²) in [6.45, 7) is 0.386. The van der Waals surface area contributed by atoms with E-state index in [9.17, 15) is 29.1 Å². The summed E-state index contributed by atoms with van der Waals surface area (Å²) >= 11 is 4.07. The van der Waals surface area contributed by atoms with Gasteiger partial charge in [-0.3, -0.25) is 29.2 Å². The first-order valence-electron chi connectivity index (χ1n) is 11.2. The molecule has 0 spiro atoms. The predicted molar refractivity (Wildman–Crippen MR) is 139 cm³/mol. The number of carboxylic acids is 1. The van der Waals surface area contributed by atoms with Crippen molar-refractivity contribution in [1.82, 2.24) is 16.0 Å². The monoisotopic (exact) mass is 547 g/mol. The zero-order valence-corrected chi connectivity index (χ0v) is 21.2. The van der Waals surface area contributed by atoms with Crippen LogP contribution in [0.3, 0.4) is 0 Å². The van der Waals surface area contributed by atoms with E-state index in [0.29, 0.717) is 6.42 Å². The van der Waals surface area contributed by atoms with Crippen LogP contribution in [0.1, 0.15) is 32.1 Å². The van der Waals surface area contributed by atoms with Crippen molar-refractivity contribution in [1.29, 1.82) is 0 Å². The molecule has 210 valence electrons. The van der Waals surface area contributed by atoms with Gasteiger partial charge < -0.3 is 55.5 Å². The number of primary amides is 1. The van der Waals surface area contributed by atoms with Gasteiger partial charge in [-0.1, -0.05) is 0 Å². The molecule has 0 aliphatic heterocycles. The number of guanidine groups is 2. The van der Waals surface area contributed by atoms with Crippen molar-refractivity contribution in [3.63, 3.8) is 0 Å². The second kappa shape index (κ2) is 17.6. The standard InChI is InChI=1S/C19H37N11O6S/c20-9(3-1-5-26-18(22)23)14(32)30-12(8-37)16(34)28-10(4-2-6-27-19(24)25)15(33)29-11(17(35)36)7-13(21)31/h9-12,37H,1-8,20H2,(H2,21,31)(H,28,34)(H,29,33)(H,30,32)(H,35,36)(H4,22,23,26)(H4,24,25,27). The summed E-state index contributed by atoms with van der Waals surface area (Å²) in [6, 6.07) is -5.01. The summed E-state index contributed by atoms with van der Waals surface area (Å²) in [5.41, 5.74) is 31.9. The highest BCUT2D eigenvalue weighted by Gasteiger charge is 2.30. The van der Waals surface area contributed by atoms with Gasteiger partial charge in [0.1, 0.15) is 18.1 Å². The molecule has 0 radical (unpaired) electrons. The van der Waals surface area contributed by atoms with Gasteiger partial charge in [0, 0.05) is 18.8 Å². The summed E-state index contributed by atoms with van der Waals surface area (Å²) in [4.78, 5) is 68.1. The normalized spacial score (nSPS) is 13.7. The third-order valence-corrected chi connectivity index (χ3v) is 5.08. The Morgan fingerprint density at radius 2 is 1.19 bits per heavy atom. The molecule has 0 aromatic carbocycles. The molecule has 0 aliphatic carbocycles. The Hall–Kier alpha value is -3.80. The average molecular weight is 548 g/mol. The minimum Gasteiger partial charge on any atom is -0.480 e. The lowest BCUT2D eigenvalue weighted by Crippen LogP contribution is -2.57. The van der Waals surface area contributed by atoms with Crippen molar-refractivity contribution in [3.05, 3.63) is 0 Å². The van der Waals surface area contributed by atoms with E-state index in [2.05, 4.69) is 38.6 Å². The van der Waals surface area contributed by atoms with Gasteiger partial charge >= 0.3 is 5.97 Å². The van der Waals surface area contributed by atoms with Crippen molar-refractivity contribution in [2.45, 2.75) is 56.3 Å². The third-order valence-electron chi connectivity index (χ3n) is 4.72. The SMILES string of the molecule is NC(=O)CC(NC(=O)C(CCCN=C(N)N)NC(=O)C(CS)NC(=O)C(N)CCCN=C(N)N)C(=O)O. The van der Waals surface area contributed by atoms with Crippen LogP contribution in [0.5, 0.6) is 0 Å². The maximum absolute atomic E-state index is 12.8. The highest BCUT2D eigenvalue weighted by molar-refractivity contribution is 7.80. The van der Waals surface area contributed by atoms with Crippen LogP contribution in [0.15, 0.2) is 9.98 Å². The number of amides is 4. The molecule has 0 heterocycles. The maximum atomic E-state index is 12.8. The van der Waals surface area contributed by atoms with E-state index in [-0.39, 0.29) is 50.0 Å². The van der Waals surface area contributed by atoms with Gasteiger partial charge in [-0.15, -0.1) is 0 Å². The van der Waals surface area contributed by atoms with Gasteiger partial charge in [-0.2, -0.15) is 12.6 Å². The number of hydrogen-bond acceptors (Lipinski definition) is 9. The number of thiol groups is 1. The molecule has 4 unspecified atom stereocenters. The molecule has 0 saturated heterocycles. The Morgan fingerprint density at radius 3 is 1.65 bits per heavy atom. The van der Waals surface area contributed by atoms with E-state index in [4.69, 9.17) is 34.4 Å². The van der Waals surface area contributed by atoms with Gasteiger partial charge in [-0.25, -0.2) is 4.79 Å². The molecular formula is C19H37N11O6S. The molecule has 0 bridgehead atoms. The molecule has 17 nitrogen and oxygen atoms in total. The second-order valence-corrected chi connectivity index (χ2v) is 8.24. The third kappa shape index (κ3) is 15.0. The molecule has 0 aromatic heterocycles. The van der Waals surface area contributed by atoms with Crippen LogP contribution in [0.4, 0.5) is 0 Å². The number of hydrogen-bond donors (Lipinski definition) is 11. The van der Waals surface area contributed by atoms with Gasteiger partial charge in [0.15, 0.2) is 11.9 Å². The summed E-state index contributed by atoms with van der Waals surface area (Å²) in [6.07, 6.45) is 0.206. The molecule has 0 saturated carbocycles. The second-order valence-electron chi connectivity index (χ2n) is 7.88. The predicted octanol–water partition coefficient (Wildman–Crippen LogP) is -5.23. The lowest BCUT2D eigenvalue weighted by molar-refractivity contribution is -0.143. The van der Waals surface area contributed by atoms with Crippen LogP contribution in [0, 0.1) is 0 Å². The van der Waals surface area contributed by atoms with E-state index < -0.39 is 60.2 Å². The summed E-state index contributed by atoms with van der Waals surface area (Å²) in [7, 11) is 0. The first kappa shape index (κ1) is 33.2. The quantitative estimate of drug-likeness (QED) is 0.0333. The van der Waals surface area contributed by atoms with Gasteiger partial charge in [0.05, 0.1) is 12.5 Å². The Labute approximate surface area is 219 Å². The fourth-order valence-corrected chi connectivity index (χ4v) is 3.10. The number of carbonyl (C=O) groups is 5. The number of nitrogens with one attached hydrogen (secondary N) is 3. The molecule has 16 N–H and O–H groups in total. The number of nitrogens with two attached hydrogens (primary N) is 6. The Bertz CT molecular complexity index is 861. The van der Waals surface area contributed by atoms with Crippen molar-refractivity contribution >= 4 is 54.1 Å². The van der Waals surface area contributed by atoms with Crippen LogP contribution in [-0.4, -0.2) is 89.6 Å². The molecular weight excluding hydrogens is 510 g/mol. The van der Waals surface area contributed by atoms with Crippen molar-refractivity contribution in [2.75, 3.05) is 18.8 Å². The largest absolute Gasteiger partial charge is 0.480 e. The molecule has 0 fully saturated rings. The van der Waals surface area contributed by atoms with Crippen LogP contribution in [-0.2, 0) is 24.0 Å². The molecule has 37 heavy (non-hydrogen) atoms. The fourth-order valence-electron chi connectivity index (χ4n) is 2.84. The van der Waals surface area contributed by atoms with Crippen molar-refractivity contribution in [3.8, 4) is 0 Å². The first-order chi connectivity index (χ1) is 17.3. The first-order valence-corrected chi connectivity index (χ1v) is 11.8. The molecule has 18 heteroatoms. The minimum absolute atomic E-state index is 0.00515. The maximum Gasteiger partial charge on any atom is 0.326 e. The highest BCUT2D eigenvalue weighted by atomic mass is 32.1. The lowest BCUT2D eigenvalue weighted by atomic mass is 10.1. The fraction of sp³-hybridized carbons (Fsp3) is 0.632. The van der Waals surface area contributed by atoms with Crippen LogP contribution >= 0.6 is 12.6 Å². The molecule has 4 amide bonds. The number of aliphatic imine (C=N–C) groups is 2. The van der Waals surface area contributed by atoms with Crippen LogP contribution in [0.2, 0.25) is 0 Å².